The number of piperidine rings is 1. The molecular weight excluding hydrogens is 226 g/mol. The highest BCUT2D eigenvalue weighted by Crippen LogP contribution is 2.47. The largest absolute Gasteiger partial charge is 0.480 e. The highest BCUT2D eigenvalue weighted by atomic mass is 16.4. The van der Waals surface area contributed by atoms with E-state index in [4.69, 9.17) is 0 Å². The molecule has 0 spiro atoms. The molecule has 18 heavy (non-hydrogen) atoms. The summed E-state index contributed by atoms with van der Waals surface area (Å²) in [6.07, 6.45) is 7.96. The summed E-state index contributed by atoms with van der Waals surface area (Å²) in [6, 6.07) is 0.0397. The molecule has 2 aliphatic carbocycles. The van der Waals surface area contributed by atoms with Crippen LogP contribution in [-0.4, -0.2) is 23.2 Å². The Morgan fingerprint density at radius 3 is 2.78 bits per heavy atom. The Balaban J connectivity index is 1.89. The Morgan fingerprint density at radius 2 is 2.06 bits per heavy atom. The molecular formula is C15H23NO2. The highest BCUT2D eigenvalue weighted by molar-refractivity contribution is 5.74. The Hall–Kier alpha value is -0.830. The molecule has 0 aromatic rings. The molecule has 0 radical (unpaired) electrons. The summed E-state index contributed by atoms with van der Waals surface area (Å²) in [5.74, 6) is 2.04. The molecule has 100 valence electrons. The third-order valence-electron chi connectivity index (χ3n) is 5.70. The van der Waals surface area contributed by atoms with Gasteiger partial charge in [-0.15, -0.1) is 0 Å². The van der Waals surface area contributed by atoms with Crippen LogP contribution in [-0.2, 0) is 4.79 Å². The van der Waals surface area contributed by atoms with Gasteiger partial charge in [-0.05, 0) is 42.4 Å². The topological polar surface area (TPSA) is 49.3 Å². The number of carbonyl (C=O) groups is 1. The fourth-order valence-electron chi connectivity index (χ4n) is 4.45. The van der Waals surface area contributed by atoms with Crippen LogP contribution in [0.1, 0.15) is 33.1 Å². The van der Waals surface area contributed by atoms with Crippen LogP contribution in [0.2, 0.25) is 0 Å². The summed E-state index contributed by atoms with van der Waals surface area (Å²) in [4.78, 5) is 11.5. The number of fused-ring (bicyclic) bond motifs is 3. The minimum atomic E-state index is -0.669. The van der Waals surface area contributed by atoms with Crippen molar-refractivity contribution in [1.29, 1.82) is 0 Å². The van der Waals surface area contributed by atoms with Crippen LogP contribution in [0, 0.1) is 29.6 Å². The van der Waals surface area contributed by atoms with Gasteiger partial charge in [-0.2, -0.15) is 0 Å². The maximum atomic E-state index is 11.5. The van der Waals surface area contributed by atoms with Crippen molar-refractivity contribution in [2.24, 2.45) is 29.6 Å². The van der Waals surface area contributed by atoms with E-state index in [-0.39, 0.29) is 12.0 Å². The number of aliphatic carboxylic acids is 1. The summed E-state index contributed by atoms with van der Waals surface area (Å²) in [6.45, 7) is 4.58. The van der Waals surface area contributed by atoms with Crippen molar-refractivity contribution in [1.82, 2.24) is 5.32 Å². The molecule has 3 aliphatic rings. The lowest BCUT2D eigenvalue weighted by atomic mass is 9.62. The molecule has 1 saturated carbocycles. The Bertz CT molecular complexity index is 379. The fourth-order valence-corrected chi connectivity index (χ4v) is 4.45. The predicted molar refractivity (Wildman–Crippen MR) is 70.1 cm³/mol. The Morgan fingerprint density at radius 1 is 1.28 bits per heavy atom. The van der Waals surface area contributed by atoms with Gasteiger partial charge in [0.15, 0.2) is 0 Å². The van der Waals surface area contributed by atoms with E-state index in [9.17, 15) is 9.90 Å². The second-order valence-electron chi connectivity index (χ2n) is 6.49. The van der Waals surface area contributed by atoms with Crippen molar-refractivity contribution in [3.63, 3.8) is 0 Å². The molecule has 3 heteroatoms. The van der Waals surface area contributed by atoms with Gasteiger partial charge >= 0.3 is 5.97 Å². The zero-order chi connectivity index (χ0) is 12.9. The third kappa shape index (κ3) is 1.71. The first-order valence-corrected chi connectivity index (χ1v) is 7.25. The quantitative estimate of drug-likeness (QED) is 0.701. The number of hydrogen-bond donors (Lipinski definition) is 2. The molecule has 1 heterocycles. The first-order chi connectivity index (χ1) is 8.59. The van der Waals surface area contributed by atoms with E-state index in [1.807, 2.05) is 0 Å². The van der Waals surface area contributed by atoms with Gasteiger partial charge in [0.05, 0.1) is 0 Å². The number of nitrogens with one attached hydrogen (secondary N) is 1. The summed E-state index contributed by atoms with van der Waals surface area (Å²) >= 11 is 0. The van der Waals surface area contributed by atoms with Crippen molar-refractivity contribution < 1.29 is 9.90 Å². The van der Waals surface area contributed by atoms with Gasteiger partial charge in [-0.3, -0.25) is 4.79 Å². The molecule has 0 aromatic carbocycles. The minimum absolute atomic E-state index is 0.282. The van der Waals surface area contributed by atoms with Crippen LogP contribution in [0.5, 0.6) is 0 Å². The zero-order valence-corrected chi connectivity index (χ0v) is 11.2. The van der Waals surface area contributed by atoms with Gasteiger partial charge in [-0.25, -0.2) is 0 Å². The molecule has 0 bridgehead atoms. The summed E-state index contributed by atoms with van der Waals surface area (Å²) < 4.78 is 0. The molecule has 2 fully saturated rings. The lowest BCUT2D eigenvalue weighted by molar-refractivity contribution is -0.144. The monoisotopic (exact) mass is 249 g/mol. The average molecular weight is 249 g/mol. The second-order valence-corrected chi connectivity index (χ2v) is 6.49. The van der Waals surface area contributed by atoms with Crippen molar-refractivity contribution in [3.8, 4) is 0 Å². The van der Waals surface area contributed by atoms with E-state index in [1.165, 1.54) is 12.8 Å². The van der Waals surface area contributed by atoms with E-state index >= 15 is 0 Å². The van der Waals surface area contributed by atoms with Crippen LogP contribution in [0.3, 0.4) is 0 Å². The van der Waals surface area contributed by atoms with Gasteiger partial charge in [0.2, 0.25) is 0 Å². The lowest BCUT2D eigenvalue weighted by Crippen LogP contribution is -2.62. The molecule has 7 unspecified atom stereocenters. The minimum Gasteiger partial charge on any atom is -0.480 e. The van der Waals surface area contributed by atoms with E-state index in [0.717, 1.165) is 6.42 Å². The van der Waals surface area contributed by atoms with E-state index in [0.29, 0.717) is 29.7 Å². The highest BCUT2D eigenvalue weighted by Gasteiger charge is 2.50. The van der Waals surface area contributed by atoms with Gasteiger partial charge in [0.25, 0.3) is 0 Å². The summed E-state index contributed by atoms with van der Waals surface area (Å²) in [7, 11) is 0. The maximum absolute atomic E-state index is 11.5. The van der Waals surface area contributed by atoms with E-state index in [1.54, 1.807) is 0 Å². The SMILES string of the molecule is CC1CCC2C3C=CCC3C(C(=O)O)NC2C1C. The van der Waals surface area contributed by atoms with E-state index < -0.39 is 5.97 Å². The number of carboxylic acid groups (broad SMARTS) is 1. The second kappa shape index (κ2) is 4.37. The van der Waals surface area contributed by atoms with Gasteiger partial charge in [0.1, 0.15) is 6.04 Å². The summed E-state index contributed by atoms with van der Waals surface area (Å²) in [5.41, 5.74) is 0. The molecule has 0 amide bonds. The van der Waals surface area contributed by atoms with Crippen molar-refractivity contribution in [3.05, 3.63) is 12.2 Å². The molecule has 3 nitrogen and oxygen atoms in total. The number of hydrogen-bond acceptors (Lipinski definition) is 2. The number of rotatable bonds is 1. The Labute approximate surface area is 109 Å². The van der Waals surface area contributed by atoms with Crippen LogP contribution in [0.25, 0.3) is 0 Å². The molecule has 1 aliphatic heterocycles. The lowest BCUT2D eigenvalue weighted by Gasteiger charge is -2.50. The van der Waals surface area contributed by atoms with E-state index in [2.05, 4.69) is 31.3 Å². The van der Waals surface area contributed by atoms with Crippen LogP contribution in [0.4, 0.5) is 0 Å². The number of allylic oxidation sites excluding steroid dienone is 2. The average Bonchev–Trinajstić information content (AvgIpc) is 2.81. The first kappa shape index (κ1) is 12.2. The third-order valence-corrected chi connectivity index (χ3v) is 5.70. The molecule has 1 saturated heterocycles. The molecule has 0 aromatic heterocycles. The first-order valence-electron chi connectivity index (χ1n) is 7.25. The molecule has 2 N–H and O–H groups in total. The van der Waals surface area contributed by atoms with Crippen LogP contribution < -0.4 is 5.32 Å². The fraction of sp³-hybridized carbons (Fsp3) is 0.800. The smallest absolute Gasteiger partial charge is 0.321 e. The van der Waals surface area contributed by atoms with Crippen LogP contribution in [0.15, 0.2) is 12.2 Å². The van der Waals surface area contributed by atoms with Crippen molar-refractivity contribution >= 4 is 5.97 Å². The predicted octanol–water partition coefficient (Wildman–Crippen LogP) is 2.29. The van der Waals surface area contributed by atoms with Gasteiger partial charge in [0, 0.05) is 6.04 Å². The van der Waals surface area contributed by atoms with Crippen LogP contribution >= 0.6 is 0 Å². The molecule has 3 rings (SSSR count). The van der Waals surface area contributed by atoms with Gasteiger partial charge in [-0.1, -0.05) is 32.4 Å². The zero-order valence-electron chi connectivity index (χ0n) is 11.2. The van der Waals surface area contributed by atoms with Crippen molar-refractivity contribution in [2.75, 3.05) is 0 Å². The summed E-state index contributed by atoms with van der Waals surface area (Å²) in [5, 5.41) is 12.9. The number of carboxylic acids is 1. The van der Waals surface area contributed by atoms with Crippen molar-refractivity contribution in [2.45, 2.75) is 45.2 Å². The Kier molecular flexibility index (Phi) is 2.97. The normalized spacial score (nSPS) is 50.7. The maximum Gasteiger partial charge on any atom is 0.321 e. The standard InChI is InChI=1S/C15H23NO2/c1-8-6-7-12-10-4-3-5-11(10)14(15(17)18)16-13(12)9(8)2/h3-4,8-14,16H,5-7H2,1-2H3,(H,17,18). The van der Waals surface area contributed by atoms with Gasteiger partial charge < -0.3 is 10.4 Å². The molecule has 7 atom stereocenters.